The Morgan fingerprint density at radius 1 is 1.22 bits per heavy atom. The zero-order chi connectivity index (χ0) is 17.1. The fraction of sp³-hybridized carbons (Fsp3) is 0.524. The van der Waals surface area contributed by atoms with E-state index in [1.165, 1.54) is 37.7 Å². The van der Waals surface area contributed by atoms with Gasteiger partial charge in [0.1, 0.15) is 0 Å². The van der Waals surface area contributed by atoms with Crippen LogP contribution in [0.25, 0.3) is 0 Å². The molecule has 1 fully saturated rings. The van der Waals surface area contributed by atoms with Gasteiger partial charge in [-0.05, 0) is 56.7 Å². The second kappa shape index (κ2) is 10.5. The summed E-state index contributed by atoms with van der Waals surface area (Å²) in [6, 6.07) is 8.31. The maximum atomic E-state index is 6.25. The smallest absolute Gasteiger partial charge is 0.0928 e. The molecule has 0 atom stereocenters. The second-order valence-corrected chi connectivity index (χ2v) is 6.74. The molecule has 2 heteroatoms. The molecule has 0 radical (unpaired) electrons. The van der Waals surface area contributed by atoms with Gasteiger partial charge in [-0.15, -0.1) is 0 Å². The lowest BCUT2D eigenvalue weighted by molar-refractivity contribution is 0.231. The van der Waals surface area contributed by atoms with E-state index in [-0.39, 0.29) is 0 Å². The molecule has 0 aliphatic heterocycles. The van der Waals surface area contributed by atoms with Gasteiger partial charge in [-0.3, -0.25) is 0 Å². The molecule has 0 aromatic heterocycles. The van der Waals surface area contributed by atoms with Crippen LogP contribution in [0.3, 0.4) is 0 Å². The average molecular weight is 335 g/mol. The quantitative estimate of drug-likeness (QED) is 0.423. The van der Waals surface area contributed by atoms with Crippen molar-refractivity contribution in [1.82, 2.24) is 0 Å². The summed E-state index contributed by atoms with van der Waals surface area (Å²) < 4.78 is 5.15. The maximum absolute atomic E-state index is 6.25. The highest BCUT2D eigenvalue weighted by molar-refractivity contribution is 6.31. The summed E-state index contributed by atoms with van der Waals surface area (Å²) in [5.41, 5.74) is 1.68. The monoisotopic (exact) mass is 334 g/mol. The Morgan fingerprint density at radius 3 is 2.43 bits per heavy atom. The molecule has 1 aliphatic rings. The Labute approximate surface area is 147 Å². The van der Waals surface area contributed by atoms with Gasteiger partial charge in [-0.2, -0.15) is 0 Å². The predicted molar refractivity (Wildman–Crippen MR) is 102 cm³/mol. The van der Waals surface area contributed by atoms with Crippen LogP contribution in [-0.4, -0.2) is 6.61 Å². The van der Waals surface area contributed by atoms with Crippen molar-refractivity contribution in [2.24, 2.45) is 0 Å². The molecule has 0 unspecified atom stereocenters. The molecule has 23 heavy (non-hydrogen) atoms. The van der Waals surface area contributed by atoms with E-state index in [1.807, 2.05) is 51.1 Å². The lowest BCUT2D eigenvalue weighted by Crippen LogP contribution is -2.25. The van der Waals surface area contributed by atoms with Gasteiger partial charge in [0.25, 0.3) is 0 Å². The lowest BCUT2D eigenvalue weighted by atomic mass is 9.71. The first-order valence-corrected chi connectivity index (χ1v) is 9.08. The molecule has 1 saturated carbocycles. The molecule has 0 bridgehead atoms. The molecule has 128 valence electrons. The third-order valence-corrected chi connectivity index (χ3v) is 4.71. The molecule has 0 saturated heterocycles. The van der Waals surface area contributed by atoms with E-state index in [9.17, 15) is 0 Å². The number of allylic oxidation sites excluding steroid dienone is 4. The van der Waals surface area contributed by atoms with Crippen LogP contribution in [0.4, 0.5) is 0 Å². The fourth-order valence-electron chi connectivity index (χ4n) is 3.06. The van der Waals surface area contributed by atoms with Crippen molar-refractivity contribution in [1.29, 1.82) is 0 Å². The van der Waals surface area contributed by atoms with E-state index in [1.54, 1.807) is 0 Å². The summed E-state index contributed by atoms with van der Waals surface area (Å²) >= 11 is 6.25. The van der Waals surface area contributed by atoms with Gasteiger partial charge in [0, 0.05) is 5.02 Å². The number of hydrogen-bond acceptors (Lipinski definition) is 1. The van der Waals surface area contributed by atoms with Gasteiger partial charge in [0.05, 0.1) is 12.4 Å². The van der Waals surface area contributed by atoms with Crippen LogP contribution in [0.2, 0.25) is 5.02 Å². The molecule has 2 rings (SSSR count). The van der Waals surface area contributed by atoms with E-state index < -0.39 is 0 Å². The fourth-order valence-corrected chi connectivity index (χ4v) is 3.42. The van der Waals surface area contributed by atoms with Crippen molar-refractivity contribution in [2.45, 2.75) is 65.2 Å². The van der Waals surface area contributed by atoms with Gasteiger partial charge in [0.2, 0.25) is 0 Å². The molecular weight excluding hydrogens is 304 g/mol. The highest BCUT2D eigenvalue weighted by atomic mass is 35.5. The summed E-state index contributed by atoms with van der Waals surface area (Å²) in [5, 5.41) is 0.942. The first-order chi connectivity index (χ1) is 11.0. The van der Waals surface area contributed by atoms with Crippen LogP contribution < -0.4 is 0 Å². The number of rotatable bonds is 4. The van der Waals surface area contributed by atoms with E-state index in [0.29, 0.717) is 5.41 Å². The molecule has 1 nitrogen and oxygen atoms in total. The predicted octanol–water partition coefficient (Wildman–Crippen LogP) is 7.06. The highest BCUT2D eigenvalue weighted by Gasteiger charge is 2.29. The van der Waals surface area contributed by atoms with Crippen molar-refractivity contribution in [3.8, 4) is 0 Å². The number of benzene rings is 1. The molecule has 1 aromatic carbocycles. The van der Waals surface area contributed by atoms with E-state index in [0.717, 1.165) is 17.4 Å². The Morgan fingerprint density at radius 2 is 1.87 bits per heavy atom. The van der Waals surface area contributed by atoms with Crippen LogP contribution in [0.5, 0.6) is 0 Å². The van der Waals surface area contributed by atoms with Crippen LogP contribution >= 0.6 is 11.6 Å². The van der Waals surface area contributed by atoms with Crippen LogP contribution in [0.15, 0.2) is 48.3 Å². The standard InChI is InChI=1S/C13H17Cl.C8H14O/c1-13(9-5-2-6-10-13)11-7-3-4-8-12(11)14;1-4-6-7-8(3)9-5-2/h3-4,7-8H,2,5-6,9-10H2,1H3;4,6-7H,5H2,1-3H3/b;6-4-,8-7+. The lowest BCUT2D eigenvalue weighted by Gasteiger charge is -2.34. The van der Waals surface area contributed by atoms with Crippen molar-refractivity contribution in [2.75, 3.05) is 6.61 Å². The molecule has 1 aromatic rings. The first kappa shape index (κ1) is 19.8. The minimum Gasteiger partial charge on any atom is -0.499 e. The minimum absolute atomic E-state index is 0.330. The first-order valence-electron chi connectivity index (χ1n) is 8.71. The SMILES string of the molecule is C/C=C\C=C(/C)OCC.CC1(c2ccccc2Cl)CCCCC1. The average Bonchev–Trinajstić information content (AvgIpc) is 2.55. The van der Waals surface area contributed by atoms with Crippen molar-refractivity contribution < 1.29 is 4.74 Å². The Hall–Kier alpha value is -1.21. The second-order valence-electron chi connectivity index (χ2n) is 6.34. The van der Waals surface area contributed by atoms with Crippen LogP contribution in [0, 0.1) is 0 Å². The van der Waals surface area contributed by atoms with Crippen molar-refractivity contribution >= 4 is 11.6 Å². The van der Waals surface area contributed by atoms with E-state index >= 15 is 0 Å². The van der Waals surface area contributed by atoms with Gasteiger partial charge >= 0.3 is 0 Å². The molecule has 0 spiro atoms. The van der Waals surface area contributed by atoms with Gasteiger partial charge in [-0.25, -0.2) is 0 Å². The summed E-state index contributed by atoms with van der Waals surface area (Å²) in [4.78, 5) is 0. The molecule has 0 N–H and O–H groups in total. The van der Waals surface area contributed by atoms with Crippen molar-refractivity contribution in [3.05, 3.63) is 58.8 Å². The minimum atomic E-state index is 0.330. The highest BCUT2D eigenvalue weighted by Crippen LogP contribution is 2.41. The normalized spacial score (nSPS) is 17.5. The van der Waals surface area contributed by atoms with Gasteiger partial charge < -0.3 is 4.74 Å². The molecule has 0 amide bonds. The van der Waals surface area contributed by atoms with Crippen molar-refractivity contribution in [3.63, 3.8) is 0 Å². The topological polar surface area (TPSA) is 9.23 Å². The molecular formula is C21H31ClO. The van der Waals surface area contributed by atoms with E-state index in [4.69, 9.17) is 16.3 Å². The Balaban J connectivity index is 0.000000257. The van der Waals surface area contributed by atoms with E-state index in [2.05, 4.69) is 19.1 Å². The Bertz CT molecular complexity index is 510. The van der Waals surface area contributed by atoms with Crippen LogP contribution in [0.1, 0.15) is 65.4 Å². The zero-order valence-electron chi connectivity index (χ0n) is 15.1. The largest absolute Gasteiger partial charge is 0.499 e. The summed E-state index contributed by atoms with van der Waals surface area (Å²) in [5.74, 6) is 0.968. The maximum Gasteiger partial charge on any atom is 0.0928 e. The van der Waals surface area contributed by atoms with Gasteiger partial charge in [0.15, 0.2) is 0 Å². The summed E-state index contributed by atoms with van der Waals surface area (Å²) in [6.07, 6.45) is 12.5. The third-order valence-electron chi connectivity index (χ3n) is 4.38. The third kappa shape index (κ3) is 6.83. The van der Waals surface area contributed by atoms with Crippen LogP contribution in [-0.2, 0) is 10.2 Å². The zero-order valence-corrected chi connectivity index (χ0v) is 15.8. The molecule has 0 heterocycles. The number of halogens is 1. The summed E-state index contributed by atoms with van der Waals surface area (Å²) in [7, 11) is 0. The number of ether oxygens (including phenoxy) is 1. The van der Waals surface area contributed by atoms with Gasteiger partial charge in [-0.1, -0.05) is 68.1 Å². The summed E-state index contributed by atoms with van der Waals surface area (Å²) in [6.45, 7) is 9.01. The Kier molecular flexibility index (Phi) is 9.09. The number of hydrogen-bond donors (Lipinski definition) is 0. The molecule has 1 aliphatic carbocycles.